The molecule has 0 aliphatic rings. The first-order chi connectivity index (χ1) is 28.8. The average molecular weight is 895 g/mol. The molecular formula is C44H80O14P2. The van der Waals surface area contributed by atoms with Crippen LogP contribution >= 0.6 is 15.6 Å². The summed E-state index contributed by atoms with van der Waals surface area (Å²) in [6, 6.07) is 0. The van der Waals surface area contributed by atoms with Gasteiger partial charge >= 0.3 is 27.6 Å². The third-order valence-corrected chi connectivity index (χ3v) is 10.7. The molecule has 0 amide bonds. The Morgan fingerprint density at radius 3 is 1.68 bits per heavy atom. The molecule has 0 heterocycles. The van der Waals surface area contributed by atoms with Crippen molar-refractivity contribution in [1.29, 1.82) is 0 Å². The minimum absolute atomic E-state index is 0.0880. The fourth-order valence-electron chi connectivity index (χ4n) is 5.84. The quantitative estimate of drug-likeness (QED) is 0.0127. The van der Waals surface area contributed by atoms with Crippen LogP contribution in [0.3, 0.4) is 0 Å². The second kappa shape index (κ2) is 39.9. The van der Waals surface area contributed by atoms with Gasteiger partial charge in [0.1, 0.15) is 12.7 Å². The number of hydrogen-bond acceptors (Lipinski definition) is 11. The van der Waals surface area contributed by atoms with E-state index in [-0.39, 0.29) is 12.8 Å². The summed E-state index contributed by atoms with van der Waals surface area (Å²) in [7, 11) is -9.71. The molecule has 0 aliphatic heterocycles. The SMILES string of the molecule is CCCCC/C=C\C[C@@H](O)/C=C/C=C\C/C=C\CCCC(=O)OC[C@H](COP(=O)(O)OC[C@@H](O)COP(=O)(O)O)OC(=O)CCCCCCCCCCCCCCCCC. The molecule has 0 spiro atoms. The number of esters is 2. The summed E-state index contributed by atoms with van der Waals surface area (Å²) < 4.78 is 47.7. The van der Waals surface area contributed by atoms with Gasteiger partial charge in [-0.3, -0.25) is 23.2 Å². The Bertz CT molecular complexity index is 1270. The van der Waals surface area contributed by atoms with Gasteiger partial charge in [0.2, 0.25) is 0 Å². The number of phosphoric ester groups is 2. The van der Waals surface area contributed by atoms with Crippen LogP contribution in [0.1, 0.15) is 174 Å². The van der Waals surface area contributed by atoms with Gasteiger partial charge < -0.3 is 34.4 Å². The number of hydrogen-bond donors (Lipinski definition) is 5. The van der Waals surface area contributed by atoms with Crippen LogP contribution in [0.15, 0.2) is 48.6 Å². The summed E-state index contributed by atoms with van der Waals surface area (Å²) in [4.78, 5) is 52.7. The molecule has 16 heteroatoms. The maximum Gasteiger partial charge on any atom is 0.472 e. The number of phosphoric acid groups is 2. The monoisotopic (exact) mass is 895 g/mol. The number of carbonyl (C=O) groups is 2. The summed E-state index contributed by atoms with van der Waals surface area (Å²) in [5, 5.41) is 19.8. The van der Waals surface area contributed by atoms with Gasteiger partial charge in [-0.25, -0.2) is 9.13 Å². The number of rotatable bonds is 42. The van der Waals surface area contributed by atoms with Crippen LogP contribution in [0.4, 0.5) is 0 Å². The van der Waals surface area contributed by atoms with Crippen molar-refractivity contribution in [3.8, 4) is 0 Å². The fraction of sp³-hybridized carbons (Fsp3) is 0.773. The highest BCUT2D eigenvalue weighted by atomic mass is 31.2. The zero-order valence-electron chi connectivity index (χ0n) is 36.7. The van der Waals surface area contributed by atoms with Gasteiger partial charge in [0.25, 0.3) is 0 Å². The molecule has 0 fully saturated rings. The number of unbranched alkanes of at least 4 members (excludes halogenated alkanes) is 18. The molecule has 0 bridgehead atoms. The van der Waals surface area contributed by atoms with Crippen molar-refractivity contribution in [3.05, 3.63) is 48.6 Å². The van der Waals surface area contributed by atoms with E-state index in [9.17, 15) is 33.8 Å². The van der Waals surface area contributed by atoms with E-state index in [0.717, 1.165) is 25.7 Å². The van der Waals surface area contributed by atoms with E-state index in [0.29, 0.717) is 32.1 Å². The normalized spacial score (nSPS) is 15.0. The van der Waals surface area contributed by atoms with Gasteiger partial charge in [-0.2, -0.15) is 0 Å². The van der Waals surface area contributed by atoms with E-state index in [1.807, 2.05) is 36.5 Å². The lowest BCUT2D eigenvalue weighted by molar-refractivity contribution is -0.161. The standard InChI is InChI=1S/C44H80O14P2/c1-3-5-7-9-11-12-13-14-15-16-17-18-23-27-31-35-44(48)58-42(39-57-60(52,53)56-37-41(46)36-55-59(49,50)51)38-54-43(47)34-30-26-22-20-19-21-25-29-33-40(45)32-28-24-10-8-6-4-2/h20-22,24-25,28-29,33,40-42,45-46H,3-19,23,26-27,30-32,34-39H2,1-2H3,(H,52,53)(H2,49,50,51)/b22-20-,25-21-,28-24-,33-29+/t40-,41+,42-/m1/s1. The minimum Gasteiger partial charge on any atom is -0.462 e. The highest BCUT2D eigenvalue weighted by molar-refractivity contribution is 7.47. The van der Waals surface area contributed by atoms with Crippen molar-refractivity contribution in [2.75, 3.05) is 26.4 Å². The van der Waals surface area contributed by atoms with Gasteiger partial charge in [-0.05, 0) is 44.9 Å². The molecule has 0 saturated carbocycles. The third kappa shape index (κ3) is 42.7. The van der Waals surface area contributed by atoms with E-state index in [4.69, 9.17) is 23.8 Å². The van der Waals surface area contributed by atoms with Crippen molar-refractivity contribution in [2.45, 2.75) is 193 Å². The molecule has 0 rings (SSSR count). The highest BCUT2D eigenvalue weighted by Crippen LogP contribution is 2.43. The molecule has 14 nitrogen and oxygen atoms in total. The van der Waals surface area contributed by atoms with Crippen molar-refractivity contribution in [1.82, 2.24) is 0 Å². The van der Waals surface area contributed by atoms with Crippen molar-refractivity contribution in [3.63, 3.8) is 0 Å². The molecule has 60 heavy (non-hydrogen) atoms. The molecule has 0 aliphatic carbocycles. The van der Waals surface area contributed by atoms with Gasteiger partial charge in [-0.15, -0.1) is 0 Å². The number of aliphatic hydroxyl groups excluding tert-OH is 2. The van der Waals surface area contributed by atoms with Crippen molar-refractivity contribution in [2.24, 2.45) is 0 Å². The molecule has 0 saturated heterocycles. The number of carbonyl (C=O) groups excluding carboxylic acids is 2. The predicted octanol–water partition coefficient (Wildman–Crippen LogP) is 10.4. The lowest BCUT2D eigenvalue weighted by atomic mass is 10.0. The van der Waals surface area contributed by atoms with Crippen LogP contribution in [0.5, 0.6) is 0 Å². The van der Waals surface area contributed by atoms with E-state index in [1.165, 1.54) is 89.9 Å². The van der Waals surface area contributed by atoms with Crippen LogP contribution in [0.25, 0.3) is 0 Å². The van der Waals surface area contributed by atoms with Crippen LogP contribution < -0.4 is 0 Å². The Balaban J connectivity index is 4.64. The van der Waals surface area contributed by atoms with Gasteiger partial charge in [0.05, 0.1) is 25.9 Å². The molecule has 350 valence electrons. The minimum atomic E-state index is -4.87. The fourth-order valence-corrected chi connectivity index (χ4v) is 6.99. The van der Waals surface area contributed by atoms with Crippen LogP contribution in [-0.4, -0.2) is 81.6 Å². The van der Waals surface area contributed by atoms with E-state index in [1.54, 1.807) is 6.08 Å². The summed E-state index contributed by atoms with van der Waals surface area (Å²) in [6.45, 7) is 1.59. The topological polar surface area (TPSA) is 216 Å². The molecule has 0 radical (unpaired) electrons. The Kier molecular flexibility index (Phi) is 38.6. The number of ether oxygens (including phenoxy) is 2. The number of allylic oxidation sites excluding steroid dienone is 6. The summed E-state index contributed by atoms with van der Waals surface area (Å²) in [5.74, 6) is -1.13. The van der Waals surface area contributed by atoms with Crippen LogP contribution in [0.2, 0.25) is 0 Å². The van der Waals surface area contributed by atoms with Crippen LogP contribution in [0, 0.1) is 0 Å². The van der Waals surface area contributed by atoms with Gasteiger partial charge in [-0.1, -0.05) is 165 Å². The van der Waals surface area contributed by atoms with Gasteiger partial charge in [0.15, 0.2) is 6.10 Å². The Morgan fingerprint density at radius 2 is 1.07 bits per heavy atom. The largest absolute Gasteiger partial charge is 0.472 e. The molecule has 5 N–H and O–H groups in total. The zero-order valence-corrected chi connectivity index (χ0v) is 38.5. The smallest absolute Gasteiger partial charge is 0.462 e. The first-order valence-electron chi connectivity index (χ1n) is 22.4. The summed E-state index contributed by atoms with van der Waals surface area (Å²) >= 11 is 0. The second-order valence-corrected chi connectivity index (χ2v) is 17.9. The highest BCUT2D eigenvalue weighted by Gasteiger charge is 2.28. The van der Waals surface area contributed by atoms with Gasteiger partial charge in [0, 0.05) is 12.8 Å². The lowest BCUT2D eigenvalue weighted by Crippen LogP contribution is -2.30. The van der Waals surface area contributed by atoms with Crippen molar-refractivity contribution < 1.29 is 66.7 Å². The molecule has 0 aromatic rings. The molecule has 1 unspecified atom stereocenters. The average Bonchev–Trinajstić information content (AvgIpc) is 3.20. The third-order valence-electron chi connectivity index (χ3n) is 9.29. The first-order valence-corrected chi connectivity index (χ1v) is 25.5. The Hall–Kier alpha value is -1.96. The van der Waals surface area contributed by atoms with Crippen LogP contribution in [-0.2, 0) is 41.8 Å². The maximum atomic E-state index is 12.7. The predicted molar refractivity (Wildman–Crippen MR) is 236 cm³/mol. The Labute approximate surface area is 361 Å². The van der Waals surface area contributed by atoms with E-state index < -0.39 is 72.3 Å². The first kappa shape index (κ1) is 58.0. The molecule has 0 aromatic carbocycles. The maximum absolute atomic E-state index is 12.7. The van der Waals surface area contributed by atoms with Crippen molar-refractivity contribution >= 4 is 27.6 Å². The molecular weight excluding hydrogens is 814 g/mol. The summed E-state index contributed by atoms with van der Waals surface area (Å²) in [5.41, 5.74) is 0. The van der Waals surface area contributed by atoms with E-state index >= 15 is 0 Å². The lowest BCUT2D eigenvalue weighted by Gasteiger charge is -2.20. The van der Waals surface area contributed by atoms with E-state index in [2.05, 4.69) is 29.0 Å². The molecule has 4 atom stereocenters. The Morgan fingerprint density at radius 1 is 0.550 bits per heavy atom. The summed E-state index contributed by atoms with van der Waals surface area (Å²) in [6.07, 6.45) is 37.0. The zero-order chi connectivity index (χ0) is 44.6. The number of aliphatic hydroxyl groups is 2. The second-order valence-electron chi connectivity index (χ2n) is 15.2. The molecule has 0 aromatic heterocycles.